The molecule has 0 aliphatic carbocycles. The molecule has 0 bridgehead atoms. The van der Waals surface area contributed by atoms with E-state index in [1.165, 1.54) is 15.8 Å². The van der Waals surface area contributed by atoms with Gasteiger partial charge in [0.25, 0.3) is 0 Å². The van der Waals surface area contributed by atoms with Crippen molar-refractivity contribution >= 4 is 12.2 Å². The summed E-state index contributed by atoms with van der Waals surface area (Å²) in [5.41, 5.74) is 3.77. The molecule has 0 atom stereocenters. The van der Waals surface area contributed by atoms with Gasteiger partial charge < -0.3 is 4.74 Å². The molecule has 1 heterocycles. The molecule has 0 spiro atoms. The van der Waals surface area contributed by atoms with Crippen molar-refractivity contribution in [1.29, 1.82) is 0 Å². The molecule has 1 aromatic carbocycles. The number of rotatable bonds is 4. The van der Waals surface area contributed by atoms with Crippen LogP contribution >= 0.6 is 0 Å². The summed E-state index contributed by atoms with van der Waals surface area (Å²) in [5.74, 6) is 0.284. The highest BCUT2D eigenvalue weighted by molar-refractivity contribution is 5.91. The Bertz CT molecular complexity index is 694. The van der Waals surface area contributed by atoms with Gasteiger partial charge in [-0.1, -0.05) is 17.2 Å². The molecule has 0 N–H and O–H groups in total. The Morgan fingerprint density at radius 3 is 2.45 bits per heavy atom. The van der Waals surface area contributed by atoms with Gasteiger partial charge >= 0.3 is 5.97 Å². The van der Waals surface area contributed by atoms with E-state index < -0.39 is 0 Å². The third kappa shape index (κ3) is 4.04. The Labute approximate surface area is 130 Å². The number of nitrogens with zero attached hydrogens (tertiary/aromatic N) is 3. The van der Waals surface area contributed by atoms with Crippen molar-refractivity contribution in [2.75, 3.05) is 0 Å². The van der Waals surface area contributed by atoms with E-state index in [2.05, 4.69) is 16.1 Å². The summed E-state index contributed by atoms with van der Waals surface area (Å²) < 4.78 is 6.67. The van der Waals surface area contributed by atoms with Gasteiger partial charge in [0, 0.05) is 11.8 Å². The second-order valence-corrected chi connectivity index (χ2v) is 5.69. The Morgan fingerprint density at radius 2 is 1.86 bits per heavy atom. The number of esters is 1. The minimum Gasteiger partial charge on any atom is -0.460 e. The van der Waals surface area contributed by atoms with E-state index in [-0.39, 0.29) is 12.1 Å². The second-order valence-electron chi connectivity index (χ2n) is 5.69. The van der Waals surface area contributed by atoms with Crippen molar-refractivity contribution in [3.8, 4) is 11.4 Å². The zero-order chi connectivity index (χ0) is 16.3. The molecule has 0 fully saturated rings. The highest BCUT2D eigenvalue weighted by Crippen LogP contribution is 2.18. The van der Waals surface area contributed by atoms with E-state index in [0.717, 1.165) is 5.56 Å². The fraction of sp³-hybridized carbons (Fsp3) is 0.353. The highest BCUT2D eigenvalue weighted by atomic mass is 16.5. The average molecular weight is 299 g/mol. The van der Waals surface area contributed by atoms with Crippen LogP contribution in [0.1, 0.15) is 31.9 Å². The maximum atomic E-state index is 11.8. The maximum Gasteiger partial charge on any atom is 0.335 e. The minimum absolute atomic E-state index is 0.141. The number of benzene rings is 1. The molecule has 0 saturated heterocycles. The number of ether oxygens (including phenoxy) is 1. The normalized spacial score (nSPS) is 11.8. The lowest BCUT2D eigenvalue weighted by atomic mass is 10.1. The summed E-state index contributed by atoms with van der Waals surface area (Å²) in [5, 5.41) is 4.39. The van der Waals surface area contributed by atoms with Crippen LogP contribution < -0.4 is 0 Å². The predicted octanol–water partition coefficient (Wildman–Crippen LogP) is 3.37. The SMILES string of the molecule is C/C(=C\n1cnc(-c2cc(C)cc(C)c2)n1)C(=O)OC(C)C. The molecule has 0 saturated carbocycles. The predicted molar refractivity (Wildman–Crippen MR) is 86.1 cm³/mol. The van der Waals surface area contributed by atoms with Crippen molar-refractivity contribution < 1.29 is 9.53 Å². The van der Waals surface area contributed by atoms with Crippen LogP contribution in [0.3, 0.4) is 0 Å². The summed E-state index contributed by atoms with van der Waals surface area (Å²) >= 11 is 0. The van der Waals surface area contributed by atoms with Crippen molar-refractivity contribution in [2.45, 2.75) is 40.7 Å². The Balaban J connectivity index is 2.22. The molecule has 5 nitrogen and oxygen atoms in total. The molecule has 5 heteroatoms. The number of aryl methyl sites for hydroxylation is 2. The van der Waals surface area contributed by atoms with Gasteiger partial charge in [0.15, 0.2) is 5.82 Å². The number of carbonyl (C=O) groups excluding carboxylic acids is 1. The van der Waals surface area contributed by atoms with Crippen molar-refractivity contribution in [2.24, 2.45) is 0 Å². The maximum absolute atomic E-state index is 11.8. The van der Waals surface area contributed by atoms with Gasteiger partial charge in [0.05, 0.1) is 11.7 Å². The first kappa shape index (κ1) is 15.9. The Morgan fingerprint density at radius 1 is 1.23 bits per heavy atom. The second kappa shape index (κ2) is 6.56. The molecule has 0 radical (unpaired) electrons. The third-order valence-corrected chi connectivity index (χ3v) is 2.98. The van der Waals surface area contributed by atoms with Crippen molar-refractivity contribution in [3.05, 3.63) is 41.2 Å². The monoisotopic (exact) mass is 299 g/mol. The van der Waals surface area contributed by atoms with E-state index in [4.69, 9.17) is 4.74 Å². The number of aromatic nitrogens is 3. The third-order valence-electron chi connectivity index (χ3n) is 2.98. The lowest BCUT2D eigenvalue weighted by Gasteiger charge is -2.07. The van der Waals surface area contributed by atoms with E-state index in [1.807, 2.05) is 39.8 Å². The van der Waals surface area contributed by atoms with Crippen molar-refractivity contribution in [3.63, 3.8) is 0 Å². The molecule has 0 aliphatic heterocycles. The van der Waals surface area contributed by atoms with Gasteiger partial charge in [-0.25, -0.2) is 14.5 Å². The quantitative estimate of drug-likeness (QED) is 0.641. The standard InChI is InChI=1S/C17H21N3O2/c1-11(2)22-17(21)14(5)9-20-10-18-16(19-20)15-7-12(3)6-13(4)8-15/h6-11H,1-5H3/b14-9+. The fourth-order valence-electron chi connectivity index (χ4n) is 2.13. The van der Waals surface area contributed by atoms with E-state index in [0.29, 0.717) is 11.4 Å². The molecule has 22 heavy (non-hydrogen) atoms. The topological polar surface area (TPSA) is 57.0 Å². The van der Waals surface area contributed by atoms with Gasteiger partial charge in [-0.3, -0.25) is 0 Å². The van der Waals surface area contributed by atoms with E-state index in [1.54, 1.807) is 19.5 Å². The minimum atomic E-state index is -0.349. The molecular weight excluding hydrogens is 278 g/mol. The van der Waals surface area contributed by atoms with Crippen LogP contribution in [0.2, 0.25) is 0 Å². The molecule has 0 aliphatic rings. The average Bonchev–Trinajstić information content (AvgIpc) is 2.85. The molecular formula is C17H21N3O2. The summed E-state index contributed by atoms with van der Waals surface area (Å²) in [6, 6.07) is 6.18. The number of carbonyl (C=O) groups is 1. The van der Waals surface area contributed by atoms with E-state index >= 15 is 0 Å². The molecule has 116 valence electrons. The van der Waals surface area contributed by atoms with Gasteiger partial charge in [0.1, 0.15) is 6.33 Å². The van der Waals surface area contributed by atoms with Crippen LogP contribution in [-0.4, -0.2) is 26.8 Å². The van der Waals surface area contributed by atoms with Gasteiger partial charge in [-0.2, -0.15) is 0 Å². The largest absolute Gasteiger partial charge is 0.460 e. The lowest BCUT2D eigenvalue weighted by molar-refractivity contribution is -0.142. The molecule has 2 rings (SSSR count). The highest BCUT2D eigenvalue weighted by Gasteiger charge is 2.09. The summed E-state index contributed by atoms with van der Waals surface area (Å²) in [7, 11) is 0. The van der Waals surface area contributed by atoms with Gasteiger partial charge in [-0.05, 0) is 46.8 Å². The Kier molecular flexibility index (Phi) is 4.75. The first-order valence-electron chi connectivity index (χ1n) is 7.24. The smallest absolute Gasteiger partial charge is 0.335 e. The number of hydrogen-bond donors (Lipinski definition) is 0. The summed E-state index contributed by atoms with van der Waals surface area (Å²) in [4.78, 5) is 16.1. The van der Waals surface area contributed by atoms with Crippen LogP contribution in [0.15, 0.2) is 30.1 Å². The zero-order valence-electron chi connectivity index (χ0n) is 13.6. The summed E-state index contributed by atoms with van der Waals surface area (Å²) in [6.45, 7) is 9.42. The number of hydrogen-bond acceptors (Lipinski definition) is 4. The fourth-order valence-corrected chi connectivity index (χ4v) is 2.13. The van der Waals surface area contributed by atoms with Gasteiger partial charge in [-0.15, -0.1) is 5.10 Å². The Hall–Kier alpha value is -2.43. The molecule has 1 aromatic heterocycles. The van der Waals surface area contributed by atoms with Gasteiger partial charge in [0.2, 0.25) is 0 Å². The summed E-state index contributed by atoms with van der Waals surface area (Å²) in [6.07, 6.45) is 3.06. The molecule has 0 unspecified atom stereocenters. The van der Waals surface area contributed by atoms with Crippen LogP contribution in [-0.2, 0) is 9.53 Å². The first-order chi connectivity index (χ1) is 10.3. The van der Waals surface area contributed by atoms with Crippen LogP contribution in [0.4, 0.5) is 0 Å². The lowest BCUT2D eigenvalue weighted by Crippen LogP contribution is -2.12. The molecule has 0 amide bonds. The van der Waals surface area contributed by atoms with Crippen LogP contribution in [0, 0.1) is 13.8 Å². The molecule has 2 aromatic rings. The van der Waals surface area contributed by atoms with E-state index in [9.17, 15) is 4.79 Å². The first-order valence-corrected chi connectivity index (χ1v) is 7.24. The van der Waals surface area contributed by atoms with Crippen LogP contribution in [0.25, 0.3) is 17.6 Å². The zero-order valence-corrected chi connectivity index (χ0v) is 13.6. The van der Waals surface area contributed by atoms with Crippen molar-refractivity contribution in [1.82, 2.24) is 14.8 Å². The van der Waals surface area contributed by atoms with Crippen LogP contribution in [0.5, 0.6) is 0 Å².